The van der Waals surface area contributed by atoms with Gasteiger partial charge < -0.3 is 24.8 Å². The number of amides is 1. The van der Waals surface area contributed by atoms with Crippen LogP contribution in [0.3, 0.4) is 0 Å². The number of benzene rings is 1. The molecular weight excluding hydrogens is 276 g/mol. The molecule has 21 heavy (non-hydrogen) atoms. The van der Waals surface area contributed by atoms with Crippen LogP contribution in [0.25, 0.3) is 0 Å². The van der Waals surface area contributed by atoms with Crippen molar-refractivity contribution in [2.45, 2.75) is 6.42 Å². The molecule has 114 valence electrons. The number of methoxy groups -OCH3 is 1. The van der Waals surface area contributed by atoms with Crippen LogP contribution in [-0.4, -0.2) is 50.9 Å². The molecule has 0 spiro atoms. The van der Waals surface area contributed by atoms with Crippen LogP contribution >= 0.6 is 0 Å². The maximum absolute atomic E-state index is 11.6. The fraction of sp³-hybridized carbons (Fsp3) is 0.429. The molecule has 2 rings (SSSR count). The number of morpholine rings is 1. The van der Waals surface area contributed by atoms with Crippen LogP contribution in [0.4, 0.5) is 11.4 Å². The zero-order valence-electron chi connectivity index (χ0n) is 11.8. The molecule has 1 amide bonds. The average molecular weight is 294 g/mol. The highest BCUT2D eigenvalue weighted by molar-refractivity contribution is 5.83. The molecule has 1 heterocycles. The minimum Gasteiger partial charge on any atom is -0.505 e. The van der Waals surface area contributed by atoms with Crippen LogP contribution in [0.15, 0.2) is 12.1 Å². The summed E-state index contributed by atoms with van der Waals surface area (Å²) in [4.78, 5) is 24.2. The number of phenolic OH excluding ortho intramolecular Hbond substituents is 1. The van der Waals surface area contributed by atoms with Gasteiger partial charge in [-0.15, -0.1) is 0 Å². The number of anilines is 2. The topological polar surface area (TPSA) is 88.1 Å². The van der Waals surface area contributed by atoms with Crippen molar-refractivity contribution >= 4 is 23.8 Å². The third-order valence-corrected chi connectivity index (χ3v) is 3.37. The minimum atomic E-state index is -0.455. The second-order valence-electron chi connectivity index (χ2n) is 4.57. The summed E-state index contributed by atoms with van der Waals surface area (Å²) in [6.45, 7) is 2.53. The van der Waals surface area contributed by atoms with Gasteiger partial charge in [-0.25, -0.2) is 0 Å². The number of carbonyl (C=O) groups is 2. The number of nitrogens with one attached hydrogen (secondary N) is 1. The molecule has 1 aliphatic rings. The van der Waals surface area contributed by atoms with Crippen LogP contribution in [0.2, 0.25) is 0 Å². The van der Waals surface area contributed by atoms with Crippen LogP contribution in [0.5, 0.6) is 5.75 Å². The highest BCUT2D eigenvalue weighted by atomic mass is 16.5. The van der Waals surface area contributed by atoms with Crippen molar-refractivity contribution in [1.82, 2.24) is 0 Å². The van der Waals surface area contributed by atoms with Gasteiger partial charge in [0.1, 0.15) is 5.75 Å². The van der Waals surface area contributed by atoms with E-state index in [1.54, 1.807) is 12.1 Å². The monoisotopic (exact) mass is 294 g/mol. The molecular formula is C14H18N2O5. The number of esters is 1. The molecule has 0 aromatic heterocycles. The Hall–Kier alpha value is -2.28. The second kappa shape index (κ2) is 6.94. The van der Waals surface area contributed by atoms with Crippen LogP contribution in [0.1, 0.15) is 5.56 Å². The zero-order chi connectivity index (χ0) is 15.2. The standard InChI is InChI=1S/C14H18N2O5/c1-20-13(18)8-10-12(16-4-6-21-7-5-16)3-2-11(14(10)19)15-9-17/h2-3,9,19H,4-8H2,1H3,(H,15,17). The summed E-state index contributed by atoms with van der Waals surface area (Å²) in [5, 5.41) is 12.7. The number of aromatic hydroxyl groups is 1. The van der Waals surface area contributed by atoms with Crippen molar-refractivity contribution < 1.29 is 24.2 Å². The Balaban J connectivity index is 2.39. The molecule has 7 heteroatoms. The Morgan fingerprint density at radius 1 is 1.48 bits per heavy atom. The molecule has 1 aromatic rings. The van der Waals surface area contributed by atoms with E-state index in [0.29, 0.717) is 38.3 Å². The molecule has 1 fully saturated rings. The van der Waals surface area contributed by atoms with Crippen molar-refractivity contribution in [1.29, 1.82) is 0 Å². The van der Waals surface area contributed by atoms with Crippen molar-refractivity contribution in [3.05, 3.63) is 17.7 Å². The Bertz CT molecular complexity index is 526. The SMILES string of the molecule is COC(=O)Cc1c(N2CCOCC2)ccc(NC=O)c1O. The molecule has 1 aromatic carbocycles. The predicted octanol–water partition coefficient (Wildman–Crippen LogP) is 0.513. The maximum atomic E-state index is 11.6. The maximum Gasteiger partial charge on any atom is 0.310 e. The number of ether oxygens (including phenoxy) is 2. The Kier molecular flexibility index (Phi) is 4.99. The van der Waals surface area contributed by atoms with Gasteiger partial charge in [0.15, 0.2) is 0 Å². The number of phenols is 1. The van der Waals surface area contributed by atoms with Crippen LogP contribution < -0.4 is 10.2 Å². The Morgan fingerprint density at radius 2 is 2.19 bits per heavy atom. The van der Waals surface area contributed by atoms with Gasteiger partial charge in [0, 0.05) is 24.3 Å². The summed E-state index contributed by atoms with van der Waals surface area (Å²) >= 11 is 0. The molecule has 0 radical (unpaired) electrons. The normalized spacial score (nSPS) is 14.6. The van der Waals surface area contributed by atoms with Gasteiger partial charge in [0.2, 0.25) is 6.41 Å². The van der Waals surface area contributed by atoms with E-state index in [1.165, 1.54) is 7.11 Å². The first kappa shape index (κ1) is 15.1. The van der Waals surface area contributed by atoms with Crippen molar-refractivity contribution in [3.63, 3.8) is 0 Å². The van der Waals surface area contributed by atoms with E-state index < -0.39 is 5.97 Å². The van der Waals surface area contributed by atoms with Gasteiger partial charge >= 0.3 is 5.97 Å². The number of carbonyl (C=O) groups excluding carboxylic acids is 2. The number of nitrogens with zero attached hydrogens (tertiary/aromatic N) is 1. The highest BCUT2D eigenvalue weighted by Gasteiger charge is 2.21. The third-order valence-electron chi connectivity index (χ3n) is 3.37. The first-order valence-corrected chi connectivity index (χ1v) is 6.62. The predicted molar refractivity (Wildman–Crippen MR) is 76.5 cm³/mol. The third kappa shape index (κ3) is 3.43. The summed E-state index contributed by atoms with van der Waals surface area (Å²) in [7, 11) is 1.29. The lowest BCUT2D eigenvalue weighted by molar-refractivity contribution is -0.139. The van der Waals surface area contributed by atoms with E-state index in [-0.39, 0.29) is 17.9 Å². The van der Waals surface area contributed by atoms with E-state index in [1.807, 2.05) is 4.90 Å². The van der Waals surface area contributed by atoms with E-state index in [4.69, 9.17) is 4.74 Å². The van der Waals surface area contributed by atoms with Crippen molar-refractivity contribution in [2.75, 3.05) is 43.6 Å². The van der Waals surface area contributed by atoms with Gasteiger partial charge in [0.25, 0.3) is 0 Å². The van der Waals surface area contributed by atoms with Crippen molar-refractivity contribution in [2.24, 2.45) is 0 Å². The second-order valence-corrected chi connectivity index (χ2v) is 4.57. The van der Waals surface area contributed by atoms with Crippen LogP contribution in [-0.2, 0) is 25.5 Å². The average Bonchev–Trinajstić information content (AvgIpc) is 2.52. The molecule has 0 saturated carbocycles. The summed E-state index contributed by atoms with van der Waals surface area (Å²) in [6, 6.07) is 3.38. The largest absolute Gasteiger partial charge is 0.505 e. The molecule has 0 aliphatic carbocycles. The molecule has 0 unspecified atom stereocenters. The summed E-state index contributed by atoms with van der Waals surface area (Å²) in [5.41, 5.74) is 1.45. The van der Waals surface area contributed by atoms with Gasteiger partial charge in [-0.1, -0.05) is 0 Å². The van der Waals surface area contributed by atoms with E-state index in [9.17, 15) is 14.7 Å². The highest BCUT2D eigenvalue weighted by Crippen LogP contribution is 2.36. The zero-order valence-corrected chi connectivity index (χ0v) is 11.8. The molecule has 1 saturated heterocycles. The van der Waals surface area contributed by atoms with Gasteiger partial charge in [-0.05, 0) is 12.1 Å². The van der Waals surface area contributed by atoms with Crippen LogP contribution in [0, 0.1) is 0 Å². The van der Waals surface area contributed by atoms with Gasteiger partial charge in [-0.2, -0.15) is 0 Å². The molecule has 1 aliphatic heterocycles. The lowest BCUT2D eigenvalue weighted by Crippen LogP contribution is -2.37. The summed E-state index contributed by atoms with van der Waals surface area (Å²) in [5.74, 6) is -0.570. The first-order chi connectivity index (χ1) is 10.2. The van der Waals surface area contributed by atoms with E-state index >= 15 is 0 Å². The number of hydrogen-bond donors (Lipinski definition) is 2. The lowest BCUT2D eigenvalue weighted by atomic mass is 10.0. The van der Waals surface area contributed by atoms with E-state index in [2.05, 4.69) is 10.1 Å². The molecule has 0 atom stereocenters. The summed E-state index contributed by atoms with van der Waals surface area (Å²) in [6.07, 6.45) is 0.411. The smallest absolute Gasteiger partial charge is 0.310 e. The molecule has 2 N–H and O–H groups in total. The number of hydrogen-bond acceptors (Lipinski definition) is 6. The van der Waals surface area contributed by atoms with E-state index in [0.717, 1.165) is 5.69 Å². The van der Waals surface area contributed by atoms with Gasteiger partial charge in [0.05, 0.1) is 32.4 Å². The fourth-order valence-corrected chi connectivity index (χ4v) is 2.30. The number of rotatable bonds is 5. The summed E-state index contributed by atoms with van der Waals surface area (Å²) < 4.78 is 9.97. The van der Waals surface area contributed by atoms with Gasteiger partial charge in [-0.3, -0.25) is 9.59 Å². The van der Waals surface area contributed by atoms with Crippen molar-refractivity contribution in [3.8, 4) is 5.75 Å². The quantitative estimate of drug-likeness (QED) is 0.467. The Labute approximate surface area is 122 Å². The fourth-order valence-electron chi connectivity index (χ4n) is 2.30. The minimum absolute atomic E-state index is 0.0661. The molecule has 0 bridgehead atoms. The Morgan fingerprint density at radius 3 is 2.81 bits per heavy atom. The lowest BCUT2D eigenvalue weighted by Gasteiger charge is -2.31. The molecule has 7 nitrogen and oxygen atoms in total. The first-order valence-electron chi connectivity index (χ1n) is 6.62.